The van der Waals surface area contributed by atoms with Crippen LogP contribution >= 0.6 is 0 Å². The third kappa shape index (κ3) is 3.36. The smallest absolute Gasteiger partial charge is 0.124 e. The van der Waals surface area contributed by atoms with Crippen LogP contribution in [0.5, 0.6) is 5.75 Å². The lowest BCUT2D eigenvalue weighted by Crippen LogP contribution is -2.13. The van der Waals surface area contributed by atoms with Crippen LogP contribution in [0.15, 0.2) is 42.5 Å². The molecule has 0 saturated carbocycles. The molecular weight excluding hydrogens is 253 g/mol. The topological polar surface area (TPSA) is 21.3 Å². The summed E-state index contributed by atoms with van der Waals surface area (Å²) in [7, 11) is 1.91. The summed E-state index contributed by atoms with van der Waals surface area (Å²) in [6.07, 6.45) is 0. The minimum absolute atomic E-state index is 0.208. The summed E-state index contributed by atoms with van der Waals surface area (Å²) < 4.78 is 19.1. The number of para-hydroxylation sites is 1. The number of rotatable bonds is 5. The summed E-state index contributed by atoms with van der Waals surface area (Å²) in [5.41, 5.74) is 3.01. The van der Waals surface area contributed by atoms with E-state index >= 15 is 0 Å². The first-order valence-electron chi connectivity index (χ1n) is 6.76. The molecule has 0 bridgehead atoms. The first-order valence-corrected chi connectivity index (χ1v) is 6.76. The van der Waals surface area contributed by atoms with E-state index in [1.165, 1.54) is 12.1 Å². The van der Waals surface area contributed by atoms with Crippen LogP contribution in [0.1, 0.15) is 29.7 Å². The van der Waals surface area contributed by atoms with Crippen molar-refractivity contribution in [2.75, 3.05) is 7.05 Å². The van der Waals surface area contributed by atoms with Crippen molar-refractivity contribution >= 4 is 0 Å². The van der Waals surface area contributed by atoms with E-state index in [0.717, 1.165) is 22.4 Å². The molecule has 0 aromatic heterocycles. The Balaban J connectivity index is 2.17. The van der Waals surface area contributed by atoms with Crippen molar-refractivity contribution in [1.29, 1.82) is 0 Å². The summed E-state index contributed by atoms with van der Waals surface area (Å²) in [5, 5.41) is 3.20. The fraction of sp³-hybridized carbons (Fsp3) is 0.294. The number of ether oxygens (including phenoxy) is 1. The fourth-order valence-corrected chi connectivity index (χ4v) is 2.08. The summed E-state index contributed by atoms with van der Waals surface area (Å²) in [6.45, 7) is 4.41. The quantitative estimate of drug-likeness (QED) is 0.889. The minimum Gasteiger partial charge on any atom is -0.489 e. The number of nitrogens with one attached hydrogen (secondary N) is 1. The molecule has 2 rings (SSSR count). The van der Waals surface area contributed by atoms with Gasteiger partial charge in [0.2, 0.25) is 0 Å². The van der Waals surface area contributed by atoms with Gasteiger partial charge in [0.25, 0.3) is 0 Å². The average Bonchev–Trinajstić information content (AvgIpc) is 2.47. The molecule has 0 aliphatic carbocycles. The molecule has 1 unspecified atom stereocenters. The van der Waals surface area contributed by atoms with Crippen LogP contribution in [0.2, 0.25) is 0 Å². The molecule has 2 aromatic rings. The van der Waals surface area contributed by atoms with Crippen molar-refractivity contribution in [3.8, 4) is 5.75 Å². The number of benzene rings is 2. The van der Waals surface area contributed by atoms with Crippen molar-refractivity contribution in [1.82, 2.24) is 5.32 Å². The maximum absolute atomic E-state index is 13.3. The molecule has 1 N–H and O–H groups in total. The van der Waals surface area contributed by atoms with Crippen LogP contribution < -0.4 is 10.1 Å². The lowest BCUT2D eigenvalue weighted by Gasteiger charge is -2.17. The van der Waals surface area contributed by atoms with E-state index in [1.807, 2.05) is 38.2 Å². The second-order valence-corrected chi connectivity index (χ2v) is 4.91. The number of aryl methyl sites for hydroxylation is 1. The molecule has 0 aliphatic heterocycles. The standard InChI is InChI=1S/C17H20FNO/c1-12-8-9-15(18)10-14(12)11-20-17-7-5-4-6-16(17)13(2)19-3/h4-10,13,19H,11H2,1-3H3. The molecule has 0 saturated heterocycles. The van der Waals surface area contributed by atoms with Gasteiger partial charge in [-0.25, -0.2) is 4.39 Å². The second kappa shape index (κ2) is 6.53. The molecule has 20 heavy (non-hydrogen) atoms. The Morgan fingerprint density at radius 1 is 1.20 bits per heavy atom. The summed E-state index contributed by atoms with van der Waals surface area (Å²) in [6, 6.07) is 12.9. The van der Waals surface area contributed by atoms with Crippen molar-refractivity contribution in [3.05, 3.63) is 65.0 Å². The molecule has 0 aliphatic rings. The number of halogens is 1. The van der Waals surface area contributed by atoms with E-state index in [0.29, 0.717) is 6.61 Å². The van der Waals surface area contributed by atoms with Crippen molar-refractivity contribution < 1.29 is 9.13 Å². The predicted molar refractivity (Wildman–Crippen MR) is 79.4 cm³/mol. The lowest BCUT2D eigenvalue weighted by molar-refractivity contribution is 0.299. The zero-order valence-electron chi connectivity index (χ0n) is 12.1. The van der Waals surface area contributed by atoms with Gasteiger partial charge >= 0.3 is 0 Å². The molecule has 1 atom stereocenters. The van der Waals surface area contributed by atoms with E-state index in [9.17, 15) is 4.39 Å². The highest BCUT2D eigenvalue weighted by atomic mass is 19.1. The third-order valence-electron chi connectivity index (χ3n) is 3.51. The van der Waals surface area contributed by atoms with Gasteiger partial charge in [-0.3, -0.25) is 0 Å². The van der Waals surface area contributed by atoms with Crippen LogP contribution in [-0.2, 0) is 6.61 Å². The van der Waals surface area contributed by atoms with E-state index in [2.05, 4.69) is 12.2 Å². The van der Waals surface area contributed by atoms with Gasteiger partial charge in [0, 0.05) is 11.6 Å². The normalized spacial score (nSPS) is 12.2. The molecule has 3 heteroatoms. The van der Waals surface area contributed by atoms with Gasteiger partial charge in [0.05, 0.1) is 0 Å². The van der Waals surface area contributed by atoms with Crippen molar-refractivity contribution in [2.45, 2.75) is 26.5 Å². The van der Waals surface area contributed by atoms with Gasteiger partial charge in [-0.15, -0.1) is 0 Å². The Bertz CT molecular complexity index is 583. The monoisotopic (exact) mass is 273 g/mol. The van der Waals surface area contributed by atoms with Crippen molar-refractivity contribution in [2.24, 2.45) is 0 Å². The average molecular weight is 273 g/mol. The molecular formula is C17H20FNO. The van der Waals surface area contributed by atoms with Crippen LogP contribution in [-0.4, -0.2) is 7.05 Å². The molecule has 106 valence electrons. The van der Waals surface area contributed by atoms with Gasteiger partial charge in [-0.1, -0.05) is 24.3 Å². The first-order chi connectivity index (χ1) is 9.61. The molecule has 0 heterocycles. The lowest BCUT2D eigenvalue weighted by atomic mass is 10.1. The van der Waals surface area contributed by atoms with Crippen LogP contribution in [0.25, 0.3) is 0 Å². The van der Waals surface area contributed by atoms with Gasteiger partial charge < -0.3 is 10.1 Å². The van der Waals surface area contributed by atoms with E-state index in [1.54, 1.807) is 6.07 Å². The minimum atomic E-state index is -0.230. The van der Waals surface area contributed by atoms with Gasteiger partial charge in [0.15, 0.2) is 0 Å². The van der Waals surface area contributed by atoms with Gasteiger partial charge in [0.1, 0.15) is 18.2 Å². The number of hydrogen-bond donors (Lipinski definition) is 1. The SMILES string of the molecule is CNC(C)c1ccccc1OCc1cc(F)ccc1C. The maximum atomic E-state index is 13.3. The highest BCUT2D eigenvalue weighted by Gasteiger charge is 2.10. The molecule has 0 fully saturated rings. The summed E-state index contributed by atoms with van der Waals surface area (Å²) in [4.78, 5) is 0. The van der Waals surface area contributed by atoms with E-state index < -0.39 is 0 Å². The molecule has 0 radical (unpaired) electrons. The number of hydrogen-bond acceptors (Lipinski definition) is 2. The van der Waals surface area contributed by atoms with Crippen LogP contribution in [0.4, 0.5) is 4.39 Å². The van der Waals surface area contributed by atoms with Gasteiger partial charge in [-0.05, 0) is 50.2 Å². The predicted octanol–water partition coefficient (Wildman–Crippen LogP) is 3.99. The zero-order chi connectivity index (χ0) is 14.5. The molecule has 2 aromatic carbocycles. The van der Waals surface area contributed by atoms with Crippen LogP contribution in [0, 0.1) is 12.7 Å². The molecule has 2 nitrogen and oxygen atoms in total. The Morgan fingerprint density at radius 3 is 2.70 bits per heavy atom. The summed E-state index contributed by atoms with van der Waals surface area (Å²) >= 11 is 0. The third-order valence-corrected chi connectivity index (χ3v) is 3.51. The summed E-state index contributed by atoms with van der Waals surface area (Å²) in [5.74, 6) is 0.601. The van der Waals surface area contributed by atoms with Crippen LogP contribution in [0.3, 0.4) is 0 Å². The van der Waals surface area contributed by atoms with E-state index in [-0.39, 0.29) is 11.9 Å². The largest absolute Gasteiger partial charge is 0.489 e. The van der Waals surface area contributed by atoms with E-state index in [4.69, 9.17) is 4.74 Å². The molecule has 0 amide bonds. The fourth-order valence-electron chi connectivity index (χ4n) is 2.08. The highest BCUT2D eigenvalue weighted by molar-refractivity contribution is 5.36. The maximum Gasteiger partial charge on any atom is 0.124 e. The highest BCUT2D eigenvalue weighted by Crippen LogP contribution is 2.25. The van der Waals surface area contributed by atoms with Crippen molar-refractivity contribution in [3.63, 3.8) is 0 Å². The second-order valence-electron chi connectivity index (χ2n) is 4.91. The Morgan fingerprint density at radius 2 is 1.95 bits per heavy atom. The van der Waals surface area contributed by atoms with Gasteiger partial charge in [-0.2, -0.15) is 0 Å². The Hall–Kier alpha value is -1.87. The first kappa shape index (κ1) is 14.5. The molecule has 0 spiro atoms. The zero-order valence-corrected chi connectivity index (χ0v) is 12.1. The Kier molecular flexibility index (Phi) is 4.74. The Labute approximate surface area is 119 Å².